The van der Waals surface area contributed by atoms with Crippen molar-refractivity contribution in [3.05, 3.63) is 23.8 Å². The molecule has 17 heavy (non-hydrogen) atoms. The summed E-state index contributed by atoms with van der Waals surface area (Å²) in [5, 5.41) is 8.77. The predicted octanol–water partition coefficient (Wildman–Crippen LogP) is 1.30. The first-order valence-electron chi connectivity index (χ1n) is 5.41. The van der Waals surface area contributed by atoms with E-state index in [1.807, 2.05) is 14.1 Å². The van der Waals surface area contributed by atoms with Gasteiger partial charge in [-0.25, -0.2) is 4.79 Å². The van der Waals surface area contributed by atoms with E-state index >= 15 is 0 Å². The van der Waals surface area contributed by atoms with Crippen molar-refractivity contribution in [3.63, 3.8) is 0 Å². The highest BCUT2D eigenvalue weighted by Gasteiger charge is 2.06. The molecular formula is C12H18N2O3. The van der Waals surface area contributed by atoms with Crippen molar-refractivity contribution < 1.29 is 14.6 Å². The molecule has 0 atom stereocenters. The number of benzene rings is 1. The van der Waals surface area contributed by atoms with Gasteiger partial charge in [0.05, 0.1) is 17.9 Å². The van der Waals surface area contributed by atoms with Crippen LogP contribution in [0, 0.1) is 0 Å². The number of hydrogen-bond acceptors (Lipinski definition) is 4. The van der Waals surface area contributed by atoms with E-state index < -0.39 is 5.97 Å². The highest BCUT2D eigenvalue weighted by molar-refractivity contribution is 5.89. The van der Waals surface area contributed by atoms with E-state index in [9.17, 15) is 4.79 Å². The Kier molecular flexibility index (Phi) is 4.78. The summed E-state index contributed by atoms with van der Waals surface area (Å²) in [6.45, 7) is 1.50. The number of nitrogens with zero attached hydrogens (tertiary/aromatic N) is 1. The maximum Gasteiger partial charge on any atom is 0.335 e. The fourth-order valence-corrected chi connectivity index (χ4v) is 1.38. The quantitative estimate of drug-likeness (QED) is 0.577. The first kappa shape index (κ1) is 13.3. The lowest BCUT2D eigenvalue weighted by atomic mass is 10.2. The van der Waals surface area contributed by atoms with Gasteiger partial charge in [-0.05, 0) is 38.7 Å². The van der Waals surface area contributed by atoms with Crippen LogP contribution in [0.2, 0.25) is 0 Å². The first-order chi connectivity index (χ1) is 8.00. The SMILES string of the molecule is CN(C)CCCOc1ccc(C(=O)O)cc1N. The van der Waals surface area contributed by atoms with E-state index in [2.05, 4.69) is 4.90 Å². The Hall–Kier alpha value is -1.75. The van der Waals surface area contributed by atoms with Crippen molar-refractivity contribution in [3.8, 4) is 5.75 Å². The number of anilines is 1. The molecule has 0 saturated carbocycles. The highest BCUT2D eigenvalue weighted by atomic mass is 16.5. The summed E-state index contributed by atoms with van der Waals surface area (Å²) in [4.78, 5) is 12.8. The molecule has 0 amide bonds. The molecule has 0 aliphatic heterocycles. The maximum atomic E-state index is 10.7. The minimum Gasteiger partial charge on any atom is -0.491 e. The van der Waals surface area contributed by atoms with E-state index in [1.165, 1.54) is 12.1 Å². The number of carboxylic acid groups (broad SMARTS) is 1. The Morgan fingerprint density at radius 2 is 2.18 bits per heavy atom. The van der Waals surface area contributed by atoms with Crippen molar-refractivity contribution in [1.29, 1.82) is 0 Å². The minimum absolute atomic E-state index is 0.170. The third-order valence-electron chi connectivity index (χ3n) is 2.26. The Morgan fingerprint density at radius 3 is 2.71 bits per heavy atom. The second-order valence-electron chi connectivity index (χ2n) is 4.06. The predicted molar refractivity (Wildman–Crippen MR) is 66.5 cm³/mol. The molecule has 94 valence electrons. The molecule has 0 aliphatic carbocycles. The third kappa shape index (κ3) is 4.32. The molecule has 0 aliphatic rings. The largest absolute Gasteiger partial charge is 0.491 e. The van der Waals surface area contributed by atoms with Gasteiger partial charge in [0.2, 0.25) is 0 Å². The van der Waals surface area contributed by atoms with Gasteiger partial charge >= 0.3 is 5.97 Å². The zero-order chi connectivity index (χ0) is 12.8. The van der Waals surface area contributed by atoms with Gasteiger partial charge in [-0.15, -0.1) is 0 Å². The van der Waals surface area contributed by atoms with E-state index in [-0.39, 0.29) is 5.56 Å². The monoisotopic (exact) mass is 238 g/mol. The lowest BCUT2D eigenvalue weighted by Gasteiger charge is -2.11. The van der Waals surface area contributed by atoms with E-state index in [4.69, 9.17) is 15.6 Å². The number of nitrogen functional groups attached to an aromatic ring is 1. The molecule has 5 heteroatoms. The second kappa shape index (κ2) is 6.10. The van der Waals surface area contributed by atoms with Crippen LogP contribution in [0.1, 0.15) is 16.8 Å². The van der Waals surface area contributed by atoms with Gasteiger partial charge in [0.15, 0.2) is 0 Å². The van der Waals surface area contributed by atoms with Gasteiger partial charge in [0, 0.05) is 6.54 Å². The Bertz CT molecular complexity index is 391. The molecule has 0 saturated heterocycles. The molecular weight excluding hydrogens is 220 g/mol. The molecule has 5 nitrogen and oxygen atoms in total. The fourth-order valence-electron chi connectivity index (χ4n) is 1.38. The minimum atomic E-state index is -0.990. The maximum absolute atomic E-state index is 10.7. The number of nitrogens with two attached hydrogens (primary N) is 1. The summed E-state index contributed by atoms with van der Waals surface area (Å²) in [6, 6.07) is 4.48. The Labute approximate surface area is 101 Å². The number of carbonyl (C=O) groups is 1. The number of carboxylic acids is 1. The van der Waals surface area contributed by atoms with Crippen LogP contribution in [0.25, 0.3) is 0 Å². The van der Waals surface area contributed by atoms with Gasteiger partial charge in [0.1, 0.15) is 5.75 Å². The Morgan fingerprint density at radius 1 is 1.47 bits per heavy atom. The summed E-state index contributed by atoms with van der Waals surface area (Å²) in [7, 11) is 3.99. The Balaban J connectivity index is 2.52. The lowest BCUT2D eigenvalue weighted by molar-refractivity contribution is 0.0697. The van der Waals surface area contributed by atoms with Gasteiger partial charge in [0.25, 0.3) is 0 Å². The summed E-state index contributed by atoms with van der Waals surface area (Å²) in [5.41, 5.74) is 6.23. The third-order valence-corrected chi connectivity index (χ3v) is 2.26. The fraction of sp³-hybridized carbons (Fsp3) is 0.417. The molecule has 0 fully saturated rings. The van der Waals surface area contributed by atoms with Crippen molar-refractivity contribution in [2.45, 2.75) is 6.42 Å². The number of rotatable bonds is 6. The molecule has 0 bridgehead atoms. The summed E-state index contributed by atoms with van der Waals surface area (Å²) in [6.07, 6.45) is 0.896. The van der Waals surface area contributed by atoms with Gasteiger partial charge < -0.3 is 20.5 Å². The molecule has 0 unspecified atom stereocenters. The first-order valence-corrected chi connectivity index (χ1v) is 5.41. The molecule has 1 aromatic rings. The lowest BCUT2D eigenvalue weighted by Crippen LogP contribution is -2.15. The standard InChI is InChI=1S/C12H18N2O3/c1-14(2)6-3-7-17-11-5-4-9(12(15)16)8-10(11)13/h4-5,8H,3,6-7,13H2,1-2H3,(H,15,16). The molecule has 0 heterocycles. The van der Waals surface area contributed by atoms with Gasteiger partial charge in [-0.3, -0.25) is 0 Å². The van der Waals surface area contributed by atoms with Crippen LogP contribution in [0.3, 0.4) is 0 Å². The van der Waals surface area contributed by atoms with E-state index in [1.54, 1.807) is 6.07 Å². The normalized spacial score (nSPS) is 10.5. The van der Waals surface area contributed by atoms with E-state index in [0.717, 1.165) is 13.0 Å². The zero-order valence-electron chi connectivity index (χ0n) is 10.1. The summed E-state index contributed by atoms with van der Waals surface area (Å²) in [5.74, 6) is -0.454. The van der Waals surface area contributed by atoms with Crippen molar-refractivity contribution >= 4 is 11.7 Å². The number of aromatic carboxylic acids is 1. The van der Waals surface area contributed by atoms with Crippen molar-refractivity contribution in [2.75, 3.05) is 33.0 Å². The van der Waals surface area contributed by atoms with Gasteiger partial charge in [-0.2, -0.15) is 0 Å². The molecule has 0 radical (unpaired) electrons. The van der Waals surface area contributed by atoms with Crippen LogP contribution in [0.4, 0.5) is 5.69 Å². The van der Waals surface area contributed by atoms with Crippen molar-refractivity contribution in [2.24, 2.45) is 0 Å². The van der Waals surface area contributed by atoms with Crippen LogP contribution in [-0.4, -0.2) is 43.2 Å². The average molecular weight is 238 g/mol. The highest BCUT2D eigenvalue weighted by Crippen LogP contribution is 2.22. The topological polar surface area (TPSA) is 75.8 Å². The molecule has 0 aromatic heterocycles. The summed E-state index contributed by atoms with van der Waals surface area (Å²) >= 11 is 0. The van der Waals surface area contributed by atoms with Gasteiger partial charge in [-0.1, -0.05) is 0 Å². The number of ether oxygens (including phenoxy) is 1. The zero-order valence-corrected chi connectivity index (χ0v) is 10.1. The van der Waals surface area contributed by atoms with Crippen LogP contribution in [0.15, 0.2) is 18.2 Å². The smallest absolute Gasteiger partial charge is 0.335 e. The summed E-state index contributed by atoms with van der Waals surface area (Å²) < 4.78 is 5.48. The van der Waals surface area contributed by atoms with Crippen LogP contribution in [0.5, 0.6) is 5.75 Å². The number of hydrogen-bond donors (Lipinski definition) is 2. The van der Waals surface area contributed by atoms with Crippen LogP contribution in [-0.2, 0) is 0 Å². The molecule has 1 rings (SSSR count). The van der Waals surface area contributed by atoms with Crippen molar-refractivity contribution in [1.82, 2.24) is 4.90 Å². The van der Waals surface area contributed by atoms with Crippen LogP contribution < -0.4 is 10.5 Å². The molecule has 3 N–H and O–H groups in total. The van der Waals surface area contributed by atoms with E-state index in [0.29, 0.717) is 18.0 Å². The average Bonchev–Trinajstić information content (AvgIpc) is 2.25. The van der Waals surface area contributed by atoms with Crippen LogP contribution >= 0.6 is 0 Å². The molecule has 1 aromatic carbocycles. The second-order valence-corrected chi connectivity index (χ2v) is 4.06. The molecule has 0 spiro atoms.